The average molecular weight is 323 g/mol. The quantitative estimate of drug-likeness (QED) is 0.537. The SMILES string of the molecule is CCC(OC)C(C)=C(OC)C(=O)CCc1cc(C(C)(C)C)on1. The second-order valence-electron chi connectivity index (χ2n) is 6.70. The van der Waals surface area contributed by atoms with Crippen LogP contribution in [0.5, 0.6) is 0 Å². The van der Waals surface area contributed by atoms with E-state index in [4.69, 9.17) is 14.0 Å². The number of allylic oxidation sites excluding steroid dienone is 1. The summed E-state index contributed by atoms with van der Waals surface area (Å²) in [5, 5.41) is 4.04. The van der Waals surface area contributed by atoms with E-state index in [1.165, 1.54) is 7.11 Å². The van der Waals surface area contributed by atoms with Gasteiger partial charge in [0.05, 0.1) is 18.9 Å². The molecule has 5 nitrogen and oxygen atoms in total. The molecule has 0 amide bonds. The molecule has 0 aromatic carbocycles. The fraction of sp³-hybridized carbons (Fsp3) is 0.667. The zero-order valence-corrected chi connectivity index (χ0v) is 15.4. The monoisotopic (exact) mass is 323 g/mol. The number of hydrogen-bond acceptors (Lipinski definition) is 5. The summed E-state index contributed by atoms with van der Waals surface area (Å²) in [4.78, 5) is 12.4. The van der Waals surface area contributed by atoms with E-state index >= 15 is 0 Å². The average Bonchev–Trinajstić information content (AvgIpc) is 2.96. The Labute approximate surface area is 139 Å². The van der Waals surface area contributed by atoms with Gasteiger partial charge in [-0.3, -0.25) is 4.79 Å². The molecule has 0 saturated heterocycles. The van der Waals surface area contributed by atoms with E-state index in [0.29, 0.717) is 18.6 Å². The summed E-state index contributed by atoms with van der Waals surface area (Å²) < 4.78 is 16.0. The van der Waals surface area contributed by atoms with Gasteiger partial charge in [-0.15, -0.1) is 0 Å². The fourth-order valence-electron chi connectivity index (χ4n) is 2.43. The molecule has 0 fully saturated rings. The Hall–Kier alpha value is -1.62. The molecule has 23 heavy (non-hydrogen) atoms. The normalized spacial score (nSPS) is 14.4. The van der Waals surface area contributed by atoms with Crippen molar-refractivity contribution in [2.24, 2.45) is 0 Å². The van der Waals surface area contributed by atoms with Crippen LogP contribution in [-0.2, 0) is 26.1 Å². The second-order valence-corrected chi connectivity index (χ2v) is 6.70. The van der Waals surface area contributed by atoms with E-state index in [-0.39, 0.29) is 17.3 Å². The van der Waals surface area contributed by atoms with Gasteiger partial charge in [-0.25, -0.2) is 0 Å². The third kappa shape index (κ3) is 5.20. The maximum Gasteiger partial charge on any atom is 0.197 e. The lowest BCUT2D eigenvalue weighted by Crippen LogP contribution is -2.17. The topological polar surface area (TPSA) is 61.6 Å². The fourth-order valence-corrected chi connectivity index (χ4v) is 2.43. The highest BCUT2D eigenvalue weighted by Gasteiger charge is 2.22. The van der Waals surface area contributed by atoms with Crippen molar-refractivity contribution in [1.29, 1.82) is 0 Å². The molecule has 1 heterocycles. The van der Waals surface area contributed by atoms with Crippen LogP contribution < -0.4 is 0 Å². The number of nitrogens with zero attached hydrogens (tertiary/aromatic N) is 1. The maximum absolute atomic E-state index is 12.4. The minimum atomic E-state index is -0.103. The molecule has 0 saturated carbocycles. The summed E-state index contributed by atoms with van der Waals surface area (Å²) in [6, 6.07) is 1.92. The van der Waals surface area contributed by atoms with Crippen LogP contribution >= 0.6 is 0 Å². The van der Waals surface area contributed by atoms with Gasteiger partial charge in [-0.1, -0.05) is 32.9 Å². The lowest BCUT2D eigenvalue weighted by Gasteiger charge is -2.17. The van der Waals surface area contributed by atoms with Crippen LogP contribution in [0.1, 0.15) is 58.9 Å². The molecule has 0 spiro atoms. The summed E-state index contributed by atoms with van der Waals surface area (Å²) in [5.41, 5.74) is 1.53. The number of hydrogen-bond donors (Lipinski definition) is 0. The summed E-state index contributed by atoms with van der Waals surface area (Å²) in [7, 11) is 3.16. The van der Waals surface area contributed by atoms with Gasteiger partial charge in [-0.2, -0.15) is 0 Å². The van der Waals surface area contributed by atoms with Crippen LogP contribution in [-0.4, -0.2) is 31.3 Å². The van der Waals surface area contributed by atoms with Crippen LogP contribution in [0.2, 0.25) is 0 Å². The predicted octanol–water partition coefficient (Wildman–Crippen LogP) is 3.82. The molecule has 1 rings (SSSR count). The largest absolute Gasteiger partial charge is 0.493 e. The molecule has 0 bridgehead atoms. The Morgan fingerprint density at radius 1 is 1.35 bits per heavy atom. The minimum absolute atomic E-state index is 0.0409. The predicted molar refractivity (Wildman–Crippen MR) is 89.3 cm³/mol. The lowest BCUT2D eigenvalue weighted by atomic mass is 9.93. The first-order valence-corrected chi connectivity index (χ1v) is 8.01. The molecule has 1 aromatic heterocycles. The molecular weight excluding hydrogens is 294 g/mol. The Balaban J connectivity index is 2.78. The zero-order chi connectivity index (χ0) is 17.6. The molecule has 0 aliphatic rings. The van der Waals surface area contributed by atoms with Crippen LogP contribution in [0, 0.1) is 0 Å². The smallest absolute Gasteiger partial charge is 0.197 e. The molecule has 1 atom stereocenters. The van der Waals surface area contributed by atoms with Gasteiger partial charge in [0, 0.05) is 37.0 Å². The van der Waals surface area contributed by atoms with E-state index in [2.05, 4.69) is 25.9 Å². The summed E-state index contributed by atoms with van der Waals surface area (Å²) in [6.07, 6.45) is 1.55. The number of rotatable bonds is 8. The summed E-state index contributed by atoms with van der Waals surface area (Å²) in [6.45, 7) is 10.1. The number of aromatic nitrogens is 1. The molecule has 5 heteroatoms. The van der Waals surface area contributed by atoms with Gasteiger partial charge < -0.3 is 14.0 Å². The highest BCUT2D eigenvalue weighted by molar-refractivity contribution is 5.94. The standard InChI is InChI=1S/C18H29NO4/c1-8-15(21-6)12(2)17(22-7)14(20)10-9-13-11-16(23-19-13)18(3,4)5/h11,15H,8-10H2,1-7H3. The maximum atomic E-state index is 12.4. The number of carbonyl (C=O) groups is 1. The number of ether oxygens (including phenoxy) is 2. The van der Waals surface area contributed by atoms with Crippen molar-refractivity contribution < 1.29 is 18.8 Å². The molecule has 0 N–H and O–H groups in total. The Bertz CT molecular complexity index is 548. The van der Waals surface area contributed by atoms with Crippen molar-refractivity contribution >= 4 is 5.78 Å². The number of aryl methyl sites for hydroxylation is 1. The van der Waals surface area contributed by atoms with Crippen molar-refractivity contribution in [3.05, 3.63) is 28.9 Å². The highest BCUT2D eigenvalue weighted by atomic mass is 16.5. The van der Waals surface area contributed by atoms with Gasteiger partial charge in [-0.05, 0) is 13.3 Å². The first-order chi connectivity index (χ1) is 10.7. The van der Waals surface area contributed by atoms with E-state index in [9.17, 15) is 4.79 Å². The molecule has 0 radical (unpaired) electrons. The van der Waals surface area contributed by atoms with Crippen LogP contribution in [0.25, 0.3) is 0 Å². The number of ketones is 1. The molecule has 0 aliphatic heterocycles. The van der Waals surface area contributed by atoms with Gasteiger partial charge >= 0.3 is 0 Å². The Kier molecular flexibility index (Phi) is 7.01. The third-order valence-electron chi connectivity index (χ3n) is 3.86. The number of methoxy groups -OCH3 is 2. The molecule has 0 aliphatic carbocycles. The number of carbonyl (C=O) groups excluding carboxylic acids is 1. The van der Waals surface area contributed by atoms with Gasteiger partial charge in [0.15, 0.2) is 11.5 Å². The van der Waals surface area contributed by atoms with Crippen molar-refractivity contribution in [2.45, 2.75) is 65.4 Å². The van der Waals surface area contributed by atoms with E-state index in [1.807, 2.05) is 19.9 Å². The second kappa shape index (κ2) is 8.29. The van der Waals surface area contributed by atoms with E-state index in [1.54, 1.807) is 7.11 Å². The summed E-state index contributed by atoms with van der Waals surface area (Å²) >= 11 is 0. The Morgan fingerprint density at radius 2 is 2.00 bits per heavy atom. The van der Waals surface area contributed by atoms with Crippen molar-refractivity contribution in [2.75, 3.05) is 14.2 Å². The van der Waals surface area contributed by atoms with Crippen molar-refractivity contribution in [1.82, 2.24) is 5.16 Å². The van der Waals surface area contributed by atoms with Gasteiger partial charge in [0.25, 0.3) is 0 Å². The Morgan fingerprint density at radius 3 is 2.43 bits per heavy atom. The van der Waals surface area contributed by atoms with Gasteiger partial charge in [0.2, 0.25) is 0 Å². The highest BCUT2D eigenvalue weighted by Crippen LogP contribution is 2.23. The molecule has 1 unspecified atom stereocenters. The third-order valence-corrected chi connectivity index (χ3v) is 3.86. The van der Waals surface area contributed by atoms with E-state index < -0.39 is 0 Å². The van der Waals surface area contributed by atoms with Crippen LogP contribution in [0.3, 0.4) is 0 Å². The summed E-state index contributed by atoms with van der Waals surface area (Å²) in [5.74, 6) is 1.17. The lowest BCUT2D eigenvalue weighted by molar-refractivity contribution is -0.118. The minimum Gasteiger partial charge on any atom is -0.493 e. The molecule has 130 valence electrons. The van der Waals surface area contributed by atoms with Gasteiger partial charge in [0.1, 0.15) is 5.76 Å². The first kappa shape index (κ1) is 19.4. The molecule has 1 aromatic rings. The first-order valence-electron chi connectivity index (χ1n) is 8.01. The number of Topliss-reactive ketones (excluding diaryl/α,β-unsaturated/α-hetero) is 1. The zero-order valence-electron chi connectivity index (χ0n) is 15.4. The van der Waals surface area contributed by atoms with E-state index in [0.717, 1.165) is 23.4 Å². The van der Waals surface area contributed by atoms with Crippen LogP contribution in [0.15, 0.2) is 21.9 Å². The molecular formula is C18H29NO4. The van der Waals surface area contributed by atoms with Crippen molar-refractivity contribution in [3.63, 3.8) is 0 Å². The van der Waals surface area contributed by atoms with Crippen LogP contribution in [0.4, 0.5) is 0 Å². The van der Waals surface area contributed by atoms with Crippen molar-refractivity contribution in [3.8, 4) is 0 Å².